The molecular weight excluding hydrogens is 252 g/mol. The van der Waals surface area contributed by atoms with Gasteiger partial charge in [0.1, 0.15) is 4.90 Å². The fraction of sp³-hybridized carbons (Fsp3) is 0.182. The fourth-order valence-corrected chi connectivity index (χ4v) is 2.64. The van der Waals surface area contributed by atoms with Crippen molar-refractivity contribution in [2.45, 2.75) is 18.2 Å². The Morgan fingerprint density at radius 1 is 1.39 bits per heavy atom. The summed E-state index contributed by atoms with van der Waals surface area (Å²) in [5.41, 5.74) is 6.70. The van der Waals surface area contributed by atoms with Crippen LogP contribution in [0.25, 0.3) is 0 Å². The molecule has 0 saturated carbocycles. The van der Waals surface area contributed by atoms with Gasteiger partial charge in [0.2, 0.25) is 0 Å². The highest BCUT2D eigenvalue weighted by Gasteiger charge is 2.18. The van der Waals surface area contributed by atoms with Crippen LogP contribution in [0, 0.1) is 0 Å². The lowest BCUT2D eigenvalue weighted by Crippen LogP contribution is -2.14. The van der Waals surface area contributed by atoms with E-state index in [0.29, 0.717) is 0 Å². The lowest BCUT2D eigenvalue weighted by molar-refractivity contribution is 0.601. The Morgan fingerprint density at radius 2 is 2.11 bits per heavy atom. The maximum absolute atomic E-state index is 12.1. The molecule has 18 heavy (non-hydrogen) atoms. The smallest absolute Gasteiger partial charge is 0.265 e. The van der Waals surface area contributed by atoms with Crippen LogP contribution in [0.2, 0.25) is 0 Å². The van der Waals surface area contributed by atoms with Gasteiger partial charge in [-0.15, -0.1) is 0 Å². The summed E-state index contributed by atoms with van der Waals surface area (Å²) in [7, 11) is -3.70. The molecule has 0 aliphatic carbocycles. The van der Waals surface area contributed by atoms with Crippen LogP contribution in [0.1, 0.15) is 12.6 Å². The molecule has 0 aliphatic heterocycles. The average molecular weight is 266 g/mol. The van der Waals surface area contributed by atoms with Crippen molar-refractivity contribution in [2.75, 3.05) is 10.5 Å². The Kier molecular flexibility index (Phi) is 3.24. The largest absolute Gasteiger partial charge is 0.398 e. The van der Waals surface area contributed by atoms with E-state index in [2.05, 4.69) is 14.9 Å². The van der Waals surface area contributed by atoms with Gasteiger partial charge in [0.25, 0.3) is 10.0 Å². The van der Waals surface area contributed by atoms with Crippen LogP contribution in [0.3, 0.4) is 0 Å². The van der Waals surface area contributed by atoms with Gasteiger partial charge >= 0.3 is 0 Å². The lowest BCUT2D eigenvalue weighted by atomic mass is 10.3. The number of anilines is 2. The molecule has 96 valence electrons. The number of aryl methyl sites for hydroxylation is 1. The molecule has 0 atom stereocenters. The Balaban J connectivity index is 2.30. The van der Waals surface area contributed by atoms with Crippen LogP contribution in [-0.2, 0) is 16.4 Å². The van der Waals surface area contributed by atoms with E-state index >= 15 is 0 Å². The number of nitrogens with zero attached hydrogens (tertiary/aromatic N) is 1. The molecule has 2 aromatic rings. The number of benzene rings is 1. The first-order valence-electron chi connectivity index (χ1n) is 5.44. The number of aromatic nitrogens is 2. The summed E-state index contributed by atoms with van der Waals surface area (Å²) in [6.07, 6.45) is 0.752. The topological polar surface area (TPSA) is 101 Å². The molecule has 6 nitrogen and oxygen atoms in total. The number of aromatic amines is 1. The third-order valence-corrected chi connectivity index (χ3v) is 3.89. The number of para-hydroxylation sites is 1. The number of nitrogen functional groups attached to an aromatic ring is 1. The molecule has 2 rings (SSSR count). The van der Waals surface area contributed by atoms with Crippen molar-refractivity contribution in [3.05, 3.63) is 36.0 Å². The number of hydrogen-bond donors (Lipinski definition) is 3. The van der Waals surface area contributed by atoms with E-state index in [9.17, 15) is 8.42 Å². The first-order chi connectivity index (χ1) is 8.53. The molecule has 1 heterocycles. The highest BCUT2D eigenvalue weighted by molar-refractivity contribution is 7.92. The molecule has 1 aromatic heterocycles. The van der Waals surface area contributed by atoms with Crippen molar-refractivity contribution in [3.8, 4) is 0 Å². The van der Waals surface area contributed by atoms with Crippen LogP contribution in [0.15, 0.2) is 35.2 Å². The monoisotopic (exact) mass is 266 g/mol. The zero-order valence-corrected chi connectivity index (χ0v) is 10.7. The Labute approximate surface area is 105 Å². The van der Waals surface area contributed by atoms with Crippen molar-refractivity contribution in [1.82, 2.24) is 10.2 Å². The number of sulfonamides is 1. The molecule has 0 bridgehead atoms. The molecular formula is C11H14N4O2S. The van der Waals surface area contributed by atoms with Crippen molar-refractivity contribution < 1.29 is 8.42 Å². The molecule has 1 aromatic carbocycles. The second-order valence-electron chi connectivity index (χ2n) is 3.78. The third-order valence-electron chi connectivity index (χ3n) is 2.46. The first kappa shape index (κ1) is 12.4. The van der Waals surface area contributed by atoms with Crippen molar-refractivity contribution >= 4 is 21.5 Å². The average Bonchev–Trinajstić information content (AvgIpc) is 2.76. The van der Waals surface area contributed by atoms with E-state index < -0.39 is 10.0 Å². The molecule has 0 spiro atoms. The van der Waals surface area contributed by atoms with Gasteiger partial charge in [-0.2, -0.15) is 5.10 Å². The van der Waals surface area contributed by atoms with E-state index in [1.165, 1.54) is 12.1 Å². The zero-order chi connectivity index (χ0) is 13.2. The summed E-state index contributed by atoms with van der Waals surface area (Å²) in [6, 6.07) is 7.93. The van der Waals surface area contributed by atoms with Crippen molar-refractivity contribution in [1.29, 1.82) is 0 Å². The Hall–Kier alpha value is -2.02. The minimum Gasteiger partial charge on any atom is -0.398 e. The molecule has 0 saturated heterocycles. The second kappa shape index (κ2) is 4.69. The molecule has 7 heteroatoms. The number of H-pyrrole nitrogens is 1. The highest BCUT2D eigenvalue weighted by Crippen LogP contribution is 2.20. The summed E-state index contributed by atoms with van der Waals surface area (Å²) in [4.78, 5) is 0.0473. The van der Waals surface area contributed by atoms with Gasteiger partial charge < -0.3 is 5.73 Å². The van der Waals surface area contributed by atoms with Gasteiger partial charge in [-0.1, -0.05) is 19.1 Å². The third kappa shape index (κ3) is 2.45. The maximum Gasteiger partial charge on any atom is 0.265 e. The van der Waals surface area contributed by atoms with Crippen molar-refractivity contribution in [3.63, 3.8) is 0 Å². The van der Waals surface area contributed by atoms with E-state index in [1.807, 2.05) is 6.92 Å². The van der Waals surface area contributed by atoms with Gasteiger partial charge in [-0.25, -0.2) is 8.42 Å². The van der Waals surface area contributed by atoms with Crippen LogP contribution in [-0.4, -0.2) is 18.6 Å². The van der Waals surface area contributed by atoms with Gasteiger partial charge in [0.15, 0.2) is 5.82 Å². The normalized spacial score (nSPS) is 11.4. The molecule has 0 unspecified atom stereocenters. The van der Waals surface area contributed by atoms with E-state index in [1.54, 1.807) is 18.2 Å². The van der Waals surface area contributed by atoms with Crippen LogP contribution >= 0.6 is 0 Å². The van der Waals surface area contributed by atoms with Gasteiger partial charge in [-0.3, -0.25) is 9.82 Å². The van der Waals surface area contributed by atoms with Gasteiger partial charge in [-0.05, 0) is 18.6 Å². The van der Waals surface area contributed by atoms with Gasteiger partial charge in [0, 0.05) is 11.8 Å². The number of nitrogens with one attached hydrogen (secondary N) is 2. The summed E-state index contributed by atoms with van der Waals surface area (Å²) in [6.45, 7) is 1.95. The summed E-state index contributed by atoms with van der Waals surface area (Å²) in [5, 5.41) is 6.61. The molecule has 4 N–H and O–H groups in total. The van der Waals surface area contributed by atoms with Gasteiger partial charge in [0.05, 0.1) is 5.69 Å². The van der Waals surface area contributed by atoms with E-state index in [4.69, 9.17) is 5.73 Å². The maximum atomic E-state index is 12.1. The Morgan fingerprint density at radius 3 is 2.72 bits per heavy atom. The quantitative estimate of drug-likeness (QED) is 0.727. The molecule has 0 fully saturated rings. The lowest BCUT2D eigenvalue weighted by Gasteiger charge is -2.07. The van der Waals surface area contributed by atoms with Crippen LogP contribution in [0.4, 0.5) is 11.5 Å². The predicted octanol–water partition coefficient (Wildman–Crippen LogP) is 1.36. The highest BCUT2D eigenvalue weighted by atomic mass is 32.2. The summed E-state index contributed by atoms with van der Waals surface area (Å²) < 4.78 is 26.5. The van der Waals surface area contributed by atoms with E-state index in [0.717, 1.165) is 12.1 Å². The van der Waals surface area contributed by atoms with Crippen molar-refractivity contribution in [2.24, 2.45) is 0 Å². The number of hydrogen-bond acceptors (Lipinski definition) is 4. The minimum absolute atomic E-state index is 0.0473. The Bertz CT molecular complexity index is 649. The number of nitrogens with two attached hydrogens (primary N) is 1. The standard InChI is InChI=1S/C11H14N4O2S/c1-2-8-7-11(14-13-8)15-18(16,17)10-6-4-3-5-9(10)12/h3-7H,2,12H2,1H3,(H2,13,14,15). The minimum atomic E-state index is -3.70. The fourth-order valence-electron chi connectivity index (χ4n) is 1.51. The summed E-state index contributed by atoms with van der Waals surface area (Å²) in [5.74, 6) is 0.259. The van der Waals surface area contributed by atoms with E-state index in [-0.39, 0.29) is 16.4 Å². The second-order valence-corrected chi connectivity index (χ2v) is 5.43. The molecule has 0 aliphatic rings. The summed E-state index contributed by atoms with van der Waals surface area (Å²) >= 11 is 0. The SMILES string of the molecule is CCc1cc(NS(=O)(=O)c2ccccc2N)n[nH]1. The number of rotatable bonds is 4. The van der Waals surface area contributed by atoms with Crippen LogP contribution in [0.5, 0.6) is 0 Å². The predicted molar refractivity (Wildman–Crippen MR) is 69.6 cm³/mol. The zero-order valence-electron chi connectivity index (χ0n) is 9.84. The van der Waals surface area contributed by atoms with Crippen LogP contribution < -0.4 is 10.5 Å². The molecule has 0 amide bonds. The molecule has 0 radical (unpaired) electrons. The first-order valence-corrected chi connectivity index (χ1v) is 6.93.